The molecule has 3 rings (SSSR count). The molecule has 0 heterocycles. The summed E-state index contributed by atoms with van der Waals surface area (Å²) >= 11 is 6.24. The van der Waals surface area contributed by atoms with Crippen LogP contribution in [0.1, 0.15) is 36.8 Å². The highest BCUT2D eigenvalue weighted by molar-refractivity contribution is 6.31. The van der Waals surface area contributed by atoms with Crippen molar-refractivity contribution in [2.75, 3.05) is 6.61 Å². The summed E-state index contributed by atoms with van der Waals surface area (Å²) < 4.78 is 19.8. The number of carboxylic acids is 1. The topological polar surface area (TPSA) is 46.5 Å². The molecule has 0 aromatic heterocycles. The number of carboxylic acid groups (broad SMARTS) is 1. The lowest BCUT2D eigenvalue weighted by Crippen LogP contribution is -2.04. The molecule has 2 aromatic carbocycles. The number of hydrogen-bond acceptors (Lipinski definition) is 2. The minimum absolute atomic E-state index is 0.0478. The number of halogens is 2. The second-order valence-corrected chi connectivity index (χ2v) is 7.17. The van der Waals surface area contributed by atoms with Crippen LogP contribution in [0.4, 0.5) is 4.39 Å². The van der Waals surface area contributed by atoms with Gasteiger partial charge in [-0.05, 0) is 67.0 Å². The van der Waals surface area contributed by atoms with Gasteiger partial charge in [0.15, 0.2) is 0 Å². The van der Waals surface area contributed by atoms with Gasteiger partial charge >= 0.3 is 5.97 Å². The lowest BCUT2D eigenvalue weighted by molar-refractivity contribution is -0.136. The van der Waals surface area contributed by atoms with Crippen LogP contribution in [0.15, 0.2) is 53.6 Å². The monoisotopic (exact) mass is 388 g/mol. The molecule has 1 aliphatic carbocycles. The van der Waals surface area contributed by atoms with Gasteiger partial charge in [0, 0.05) is 11.4 Å². The number of carbonyl (C=O) groups is 1. The lowest BCUT2D eigenvalue weighted by Gasteiger charge is -2.12. The molecule has 5 heteroatoms. The van der Waals surface area contributed by atoms with Gasteiger partial charge in [-0.15, -0.1) is 0 Å². The van der Waals surface area contributed by atoms with E-state index in [4.69, 9.17) is 21.4 Å². The van der Waals surface area contributed by atoms with Crippen LogP contribution in [0.25, 0.3) is 0 Å². The number of rotatable bonds is 8. The number of aryl methyl sites for hydroxylation is 1. The highest BCUT2D eigenvalue weighted by Gasteiger charge is 2.17. The van der Waals surface area contributed by atoms with Gasteiger partial charge in [-0.2, -0.15) is 0 Å². The van der Waals surface area contributed by atoms with E-state index in [-0.39, 0.29) is 12.2 Å². The lowest BCUT2D eigenvalue weighted by atomic mass is 10.0. The van der Waals surface area contributed by atoms with Gasteiger partial charge in [-0.1, -0.05) is 41.4 Å². The molecule has 0 radical (unpaired) electrons. The Hall–Kier alpha value is -2.33. The first kappa shape index (κ1) is 19.4. The standard InChI is InChI=1S/C22H22ClFO3/c23-20-13-19(10-8-15(20)9-11-22(25)26)27-14-18-6-3-5-16(18)12-17-4-1-2-7-21(17)24/h1-2,4,7-8,10,13H,3,5-6,9,11-12,14H2,(H,25,26). The van der Waals surface area contributed by atoms with E-state index in [9.17, 15) is 9.18 Å². The summed E-state index contributed by atoms with van der Waals surface area (Å²) in [6.45, 7) is 0.467. The Morgan fingerprint density at radius 3 is 2.63 bits per heavy atom. The Kier molecular flexibility index (Phi) is 6.51. The van der Waals surface area contributed by atoms with Crippen LogP contribution < -0.4 is 4.74 Å². The van der Waals surface area contributed by atoms with Crippen LogP contribution in [0.2, 0.25) is 5.02 Å². The van der Waals surface area contributed by atoms with Crippen molar-refractivity contribution in [3.8, 4) is 5.75 Å². The van der Waals surface area contributed by atoms with E-state index in [2.05, 4.69) is 0 Å². The van der Waals surface area contributed by atoms with Gasteiger partial charge in [0.2, 0.25) is 0 Å². The van der Waals surface area contributed by atoms with Gasteiger partial charge in [0.25, 0.3) is 0 Å². The molecule has 0 saturated carbocycles. The van der Waals surface area contributed by atoms with Crippen molar-refractivity contribution in [2.45, 2.75) is 38.5 Å². The second kappa shape index (κ2) is 9.05. The summed E-state index contributed by atoms with van der Waals surface area (Å²) in [7, 11) is 0. The minimum Gasteiger partial charge on any atom is -0.489 e. The second-order valence-electron chi connectivity index (χ2n) is 6.76. The summed E-state index contributed by atoms with van der Waals surface area (Å²) in [5.41, 5.74) is 4.00. The van der Waals surface area contributed by atoms with Crippen LogP contribution in [-0.4, -0.2) is 17.7 Å². The molecule has 3 nitrogen and oxygen atoms in total. The molecular formula is C22H22ClFO3. The van der Waals surface area contributed by atoms with Crippen molar-refractivity contribution in [1.29, 1.82) is 0 Å². The minimum atomic E-state index is -0.845. The quantitative estimate of drug-likeness (QED) is 0.599. The maximum absolute atomic E-state index is 13.9. The van der Waals surface area contributed by atoms with Crippen LogP contribution in [0, 0.1) is 5.82 Å². The molecule has 27 heavy (non-hydrogen) atoms. The number of ether oxygens (including phenoxy) is 1. The van der Waals surface area contributed by atoms with E-state index in [1.54, 1.807) is 12.1 Å². The fourth-order valence-corrected chi connectivity index (χ4v) is 3.63. The summed E-state index contributed by atoms with van der Waals surface area (Å²) in [5, 5.41) is 9.29. The number of aliphatic carboxylic acids is 1. The SMILES string of the molecule is O=C(O)CCc1ccc(OCC2=C(Cc3ccccc3F)CCC2)cc1Cl. The molecule has 142 valence electrons. The van der Waals surface area contributed by atoms with E-state index in [0.29, 0.717) is 30.2 Å². The van der Waals surface area contributed by atoms with Crippen molar-refractivity contribution in [2.24, 2.45) is 0 Å². The third kappa shape index (κ3) is 5.33. The van der Waals surface area contributed by atoms with Gasteiger partial charge in [0.05, 0.1) is 0 Å². The first-order valence-corrected chi connectivity index (χ1v) is 9.47. The molecule has 1 N–H and O–H groups in total. The Bertz CT molecular complexity index is 860. The van der Waals surface area contributed by atoms with E-state index in [0.717, 1.165) is 30.4 Å². The first-order valence-electron chi connectivity index (χ1n) is 9.09. The van der Waals surface area contributed by atoms with E-state index in [1.165, 1.54) is 17.2 Å². The maximum Gasteiger partial charge on any atom is 0.303 e. The van der Waals surface area contributed by atoms with Crippen LogP contribution in [-0.2, 0) is 17.6 Å². The number of allylic oxidation sites excluding steroid dienone is 1. The maximum atomic E-state index is 13.9. The summed E-state index contributed by atoms with van der Waals surface area (Å²) in [5.74, 6) is -0.355. The van der Waals surface area contributed by atoms with Crippen molar-refractivity contribution in [3.63, 3.8) is 0 Å². The van der Waals surface area contributed by atoms with Gasteiger partial charge in [0.1, 0.15) is 18.2 Å². The van der Waals surface area contributed by atoms with E-state index >= 15 is 0 Å². The summed E-state index contributed by atoms with van der Waals surface area (Å²) in [4.78, 5) is 10.7. The summed E-state index contributed by atoms with van der Waals surface area (Å²) in [6.07, 6.45) is 4.08. The largest absolute Gasteiger partial charge is 0.489 e. The molecule has 0 bridgehead atoms. The van der Waals surface area contributed by atoms with Crippen LogP contribution in [0.3, 0.4) is 0 Å². The average molecular weight is 389 g/mol. The fourth-order valence-electron chi connectivity index (χ4n) is 3.36. The molecule has 0 spiro atoms. The zero-order valence-corrected chi connectivity index (χ0v) is 15.8. The third-order valence-corrected chi connectivity index (χ3v) is 5.22. The van der Waals surface area contributed by atoms with Crippen molar-refractivity contribution < 1.29 is 19.0 Å². The Morgan fingerprint density at radius 1 is 1.11 bits per heavy atom. The number of hydrogen-bond donors (Lipinski definition) is 1. The van der Waals surface area contributed by atoms with Crippen molar-refractivity contribution in [1.82, 2.24) is 0 Å². The Balaban J connectivity index is 1.63. The average Bonchev–Trinajstić information content (AvgIpc) is 3.08. The highest BCUT2D eigenvalue weighted by atomic mass is 35.5. The smallest absolute Gasteiger partial charge is 0.303 e. The van der Waals surface area contributed by atoms with Crippen molar-refractivity contribution >= 4 is 17.6 Å². The predicted molar refractivity (Wildman–Crippen MR) is 104 cm³/mol. The van der Waals surface area contributed by atoms with Gasteiger partial charge in [-0.25, -0.2) is 4.39 Å². The zero-order valence-electron chi connectivity index (χ0n) is 15.0. The summed E-state index contributed by atoms with van der Waals surface area (Å²) in [6, 6.07) is 12.2. The Labute approximate surface area is 163 Å². The third-order valence-electron chi connectivity index (χ3n) is 4.86. The van der Waals surface area contributed by atoms with E-state index in [1.807, 2.05) is 24.3 Å². The van der Waals surface area contributed by atoms with Gasteiger partial charge < -0.3 is 9.84 Å². The molecule has 1 aliphatic rings. The van der Waals surface area contributed by atoms with Crippen LogP contribution >= 0.6 is 11.6 Å². The molecule has 0 saturated heterocycles. The molecular weight excluding hydrogens is 367 g/mol. The fraction of sp³-hybridized carbons (Fsp3) is 0.318. The molecule has 2 aromatic rings. The predicted octanol–water partition coefficient (Wildman–Crippen LogP) is 5.60. The molecule has 0 unspecified atom stereocenters. The van der Waals surface area contributed by atoms with E-state index < -0.39 is 5.97 Å². The molecule has 0 aliphatic heterocycles. The number of benzene rings is 2. The van der Waals surface area contributed by atoms with Gasteiger partial charge in [-0.3, -0.25) is 4.79 Å². The normalized spacial score (nSPS) is 13.9. The van der Waals surface area contributed by atoms with Crippen LogP contribution in [0.5, 0.6) is 5.75 Å². The molecule has 0 fully saturated rings. The zero-order chi connectivity index (χ0) is 19.2. The first-order chi connectivity index (χ1) is 13.0. The molecule has 0 atom stereocenters. The van der Waals surface area contributed by atoms with Crippen molar-refractivity contribution in [3.05, 3.63) is 75.6 Å². The molecule has 0 amide bonds. The Morgan fingerprint density at radius 2 is 1.89 bits per heavy atom. The highest BCUT2D eigenvalue weighted by Crippen LogP contribution is 2.31.